The molecule has 0 spiro atoms. The van der Waals surface area contributed by atoms with Crippen molar-refractivity contribution in [1.82, 2.24) is 4.98 Å². The highest BCUT2D eigenvalue weighted by atomic mass is 79.9. The fraction of sp³-hybridized carbons (Fsp3) is 0.400. The van der Waals surface area contributed by atoms with E-state index in [1.807, 2.05) is 13.8 Å². The summed E-state index contributed by atoms with van der Waals surface area (Å²) in [5.41, 5.74) is -0.0726. The zero-order chi connectivity index (χ0) is 17.4. The Kier molecular flexibility index (Phi) is 5.79. The number of thiazole rings is 1. The van der Waals surface area contributed by atoms with Gasteiger partial charge in [-0.25, -0.2) is 4.98 Å². The molecule has 0 aliphatic carbocycles. The predicted molar refractivity (Wildman–Crippen MR) is 92.3 cm³/mol. The van der Waals surface area contributed by atoms with Crippen LogP contribution in [0.25, 0.3) is 0 Å². The van der Waals surface area contributed by atoms with Crippen molar-refractivity contribution in [3.05, 3.63) is 42.2 Å². The van der Waals surface area contributed by atoms with Gasteiger partial charge in [0.25, 0.3) is 0 Å². The minimum Gasteiger partial charge on any atom is -0.491 e. The van der Waals surface area contributed by atoms with Gasteiger partial charge in [-0.3, -0.25) is 0 Å². The quantitative estimate of drug-likeness (QED) is 0.515. The van der Waals surface area contributed by atoms with Gasteiger partial charge < -0.3 is 4.74 Å². The maximum Gasteiger partial charge on any atom is 0.434 e. The number of benzene rings is 1. The lowest BCUT2D eigenvalue weighted by atomic mass is 10.1. The summed E-state index contributed by atoms with van der Waals surface area (Å²) in [6.45, 7) is 5.39. The van der Waals surface area contributed by atoms with E-state index in [1.54, 1.807) is 19.1 Å². The van der Waals surface area contributed by atoms with E-state index in [0.717, 1.165) is 16.9 Å². The molecule has 0 atom stereocenters. The van der Waals surface area contributed by atoms with E-state index in [9.17, 15) is 13.2 Å². The van der Waals surface area contributed by atoms with Crippen LogP contribution in [0.1, 0.15) is 35.0 Å². The van der Waals surface area contributed by atoms with Crippen molar-refractivity contribution in [2.24, 2.45) is 0 Å². The highest BCUT2D eigenvalue weighted by Crippen LogP contribution is 2.39. The first-order valence-electron chi connectivity index (χ1n) is 6.76. The molecule has 0 N–H and O–H groups in total. The Balaban J connectivity index is 2.38. The van der Waals surface area contributed by atoms with Crippen LogP contribution in [-0.2, 0) is 12.6 Å². The molecule has 0 amide bonds. The number of hydrogen-bond acceptors (Lipinski definition) is 3. The van der Waals surface area contributed by atoms with Gasteiger partial charge >= 0.3 is 6.18 Å². The molecule has 0 saturated carbocycles. The number of nitrogens with zero attached hydrogens (tertiary/aromatic N) is 1. The third-order valence-corrected chi connectivity index (χ3v) is 5.28. The Morgan fingerprint density at radius 2 is 1.78 bits per heavy atom. The Morgan fingerprint density at radius 3 is 2.26 bits per heavy atom. The Bertz CT molecular complexity index is 690. The van der Waals surface area contributed by atoms with Gasteiger partial charge in [-0.2, -0.15) is 13.2 Å². The smallest absolute Gasteiger partial charge is 0.434 e. The average Bonchev–Trinajstić information content (AvgIpc) is 2.74. The molecule has 0 saturated heterocycles. The summed E-state index contributed by atoms with van der Waals surface area (Å²) in [6, 6.07) is 3.53. The number of ether oxygens (including phenoxy) is 1. The van der Waals surface area contributed by atoms with Gasteiger partial charge in [0.15, 0.2) is 5.69 Å². The number of aryl methyl sites for hydroxylation is 1. The highest BCUT2D eigenvalue weighted by Gasteiger charge is 2.37. The van der Waals surface area contributed by atoms with E-state index >= 15 is 0 Å². The van der Waals surface area contributed by atoms with Crippen molar-refractivity contribution in [3.8, 4) is 5.75 Å². The third-order valence-electron chi connectivity index (χ3n) is 2.90. The van der Waals surface area contributed by atoms with Crippen molar-refractivity contribution in [3.63, 3.8) is 0 Å². The summed E-state index contributed by atoms with van der Waals surface area (Å²) in [5, 5.41) is 0.402. The molecule has 0 bridgehead atoms. The summed E-state index contributed by atoms with van der Waals surface area (Å²) in [5.74, 6) is 0.652. The molecule has 23 heavy (non-hydrogen) atoms. The SMILES string of the molecule is Cc1nc(C(F)(F)F)c(Cc2c(Br)cc(OC(C)C)cc2Br)s1. The van der Waals surface area contributed by atoms with Crippen molar-refractivity contribution in [1.29, 1.82) is 0 Å². The van der Waals surface area contributed by atoms with Crippen LogP contribution in [0.5, 0.6) is 5.75 Å². The summed E-state index contributed by atoms with van der Waals surface area (Å²) >= 11 is 7.90. The fourth-order valence-corrected chi connectivity index (χ4v) is 4.45. The molecule has 0 aliphatic heterocycles. The second-order valence-corrected chi connectivity index (χ2v) is 8.21. The zero-order valence-corrected chi connectivity index (χ0v) is 16.6. The normalized spacial score (nSPS) is 12.0. The first kappa shape index (κ1) is 18.7. The van der Waals surface area contributed by atoms with Gasteiger partial charge in [-0.15, -0.1) is 11.3 Å². The lowest BCUT2D eigenvalue weighted by Crippen LogP contribution is -2.09. The molecule has 1 aromatic carbocycles. The van der Waals surface area contributed by atoms with E-state index in [2.05, 4.69) is 36.8 Å². The van der Waals surface area contributed by atoms with E-state index in [4.69, 9.17) is 4.74 Å². The Hall–Kier alpha value is -0.600. The van der Waals surface area contributed by atoms with Gasteiger partial charge in [0.1, 0.15) is 5.75 Å². The molecule has 1 heterocycles. The monoisotopic (exact) mass is 471 g/mol. The van der Waals surface area contributed by atoms with Crippen molar-refractivity contribution < 1.29 is 17.9 Å². The first-order chi connectivity index (χ1) is 10.6. The van der Waals surface area contributed by atoms with Crippen LogP contribution in [0.4, 0.5) is 13.2 Å². The fourth-order valence-electron chi connectivity index (χ4n) is 2.06. The molecule has 2 nitrogen and oxygen atoms in total. The van der Waals surface area contributed by atoms with Crippen molar-refractivity contribution in [2.45, 2.75) is 39.5 Å². The topological polar surface area (TPSA) is 22.1 Å². The lowest BCUT2D eigenvalue weighted by molar-refractivity contribution is -0.141. The zero-order valence-electron chi connectivity index (χ0n) is 12.6. The second kappa shape index (κ2) is 7.11. The molecule has 0 unspecified atom stereocenters. The van der Waals surface area contributed by atoms with Gasteiger partial charge in [0, 0.05) is 20.2 Å². The molecule has 2 aromatic rings. The van der Waals surface area contributed by atoms with Crippen molar-refractivity contribution in [2.75, 3.05) is 0 Å². The largest absolute Gasteiger partial charge is 0.491 e. The van der Waals surface area contributed by atoms with Crippen molar-refractivity contribution >= 4 is 43.2 Å². The second-order valence-electron chi connectivity index (χ2n) is 5.21. The molecule has 8 heteroatoms. The van der Waals surface area contributed by atoms with Crippen LogP contribution in [0, 0.1) is 6.92 Å². The number of halogens is 5. The molecule has 126 valence electrons. The van der Waals surface area contributed by atoms with E-state index < -0.39 is 11.9 Å². The lowest BCUT2D eigenvalue weighted by Gasteiger charge is -2.14. The number of aromatic nitrogens is 1. The summed E-state index contributed by atoms with van der Waals surface area (Å²) in [7, 11) is 0. The van der Waals surface area contributed by atoms with E-state index in [1.165, 1.54) is 0 Å². The maximum atomic E-state index is 13.1. The van der Waals surface area contributed by atoms with Crippen LogP contribution >= 0.6 is 43.2 Å². The average molecular weight is 473 g/mol. The van der Waals surface area contributed by atoms with Gasteiger partial charge in [0.05, 0.1) is 11.1 Å². The molecule has 0 aliphatic rings. The summed E-state index contributed by atoms with van der Waals surface area (Å²) < 4.78 is 46.2. The third kappa shape index (κ3) is 4.70. The Labute approximate surface area is 153 Å². The van der Waals surface area contributed by atoms with E-state index in [-0.39, 0.29) is 17.4 Å². The molecular weight excluding hydrogens is 459 g/mol. The first-order valence-corrected chi connectivity index (χ1v) is 9.16. The Morgan fingerprint density at radius 1 is 1.22 bits per heavy atom. The van der Waals surface area contributed by atoms with Crippen LogP contribution in [0.2, 0.25) is 0 Å². The van der Waals surface area contributed by atoms with Gasteiger partial charge in [-0.1, -0.05) is 31.9 Å². The number of alkyl halides is 3. The molecule has 0 radical (unpaired) electrons. The summed E-state index contributed by atoms with van der Waals surface area (Å²) in [4.78, 5) is 3.84. The maximum absolute atomic E-state index is 13.1. The molecular formula is C15H14Br2F3NOS. The molecule has 2 rings (SSSR count). The van der Waals surface area contributed by atoms with Crippen LogP contribution in [0.15, 0.2) is 21.1 Å². The highest BCUT2D eigenvalue weighted by molar-refractivity contribution is 9.11. The predicted octanol–water partition coefficient (Wildman–Crippen LogP) is 6.37. The summed E-state index contributed by atoms with van der Waals surface area (Å²) in [6.07, 6.45) is -4.29. The van der Waals surface area contributed by atoms with Crippen LogP contribution in [-0.4, -0.2) is 11.1 Å². The minimum absolute atomic E-state index is 0.0145. The number of hydrogen-bond donors (Lipinski definition) is 0. The van der Waals surface area contributed by atoms with Crippen LogP contribution < -0.4 is 4.74 Å². The standard InChI is InChI=1S/C15H14Br2F3NOS/c1-7(2)22-9-4-11(16)10(12(17)5-9)6-13-14(15(18,19)20)21-8(3)23-13/h4-5,7H,6H2,1-3H3. The molecule has 0 fully saturated rings. The number of rotatable bonds is 4. The minimum atomic E-state index is -4.44. The van der Waals surface area contributed by atoms with Gasteiger partial charge in [0.2, 0.25) is 0 Å². The van der Waals surface area contributed by atoms with Crippen LogP contribution in [0.3, 0.4) is 0 Å². The van der Waals surface area contributed by atoms with E-state index in [0.29, 0.717) is 19.7 Å². The van der Waals surface area contributed by atoms with Gasteiger partial charge in [-0.05, 0) is 38.5 Å². The molecule has 1 aromatic heterocycles.